The molecule has 0 spiro atoms. The monoisotopic (exact) mass is 353 g/mol. The minimum atomic E-state index is -0.298. The number of amides is 2. The molecule has 3 aromatic rings. The highest BCUT2D eigenvalue weighted by molar-refractivity contribution is 5.89. The summed E-state index contributed by atoms with van der Waals surface area (Å²) in [5, 5.41) is 5.59. The van der Waals surface area contributed by atoms with E-state index < -0.39 is 0 Å². The molecule has 26 heavy (non-hydrogen) atoms. The highest BCUT2D eigenvalue weighted by Gasteiger charge is 2.06. The van der Waals surface area contributed by atoms with Crippen LogP contribution in [0, 0.1) is 5.82 Å². The Bertz CT molecular complexity index is 875. The molecular weight excluding hydrogens is 333 g/mol. The first-order valence-electron chi connectivity index (χ1n) is 8.21. The van der Waals surface area contributed by atoms with E-state index in [2.05, 4.69) is 10.6 Å². The Kier molecular flexibility index (Phi) is 5.53. The molecule has 0 aliphatic heterocycles. The summed E-state index contributed by atoms with van der Waals surface area (Å²) in [6.45, 7) is 0.909. The van der Waals surface area contributed by atoms with Gasteiger partial charge in [-0.25, -0.2) is 9.18 Å². The lowest BCUT2D eigenvalue weighted by molar-refractivity contribution is 0.251. The van der Waals surface area contributed by atoms with Gasteiger partial charge in [-0.1, -0.05) is 12.1 Å². The minimum Gasteiger partial charge on any atom is -0.497 e. The van der Waals surface area contributed by atoms with Crippen LogP contribution in [-0.4, -0.2) is 17.7 Å². The molecule has 3 rings (SSSR count). The fourth-order valence-corrected chi connectivity index (χ4v) is 2.62. The standard InChI is InChI=1S/C20H20FN3O2/c1-26-19-9-7-17(8-10-19)23-20(25)22-13-18-6-3-11-24(18)14-15-4-2-5-16(21)12-15/h2-12H,13-14H2,1H3,(H2,22,23,25). The molecule has 0 aliphatic carbocycles. The van der Waals surface area contributed by atoms with Crippen molar-refractivity contribution >= 4 is 11.7 Å². The number of aromatic nitrogens is 1. The lowest BCUT2D eigenvalue weighted by Gasteiger charge is -2.12. The molecule has 0 atom stereocenters. The number of hydrogen-bond donors (Lipinski definition) is 2. The van der Waals surface area contributed by atoms with Gasteiger partial charge in [0.2, 0.25) is 0 Å². The smallest absolute Gasteiger partial charge is 0.319 e. The highest BCUT2D eigenvalue weighted by Crippen LogP contribution is 2.15. The molecule has 2 amide bonds. The van der Waals surface area contributed by atoms with Gasteiger partial charge in [0.05, 0.1) is 13.7 Å². The largest absolute Gasteiger partial charge is 0.497 e. The Morgan fingerprint density at radius 1 is 1.12 bits per heavy atom. The van der Waals surface area contributed by atoms with Gasteiger partial charge in [0.25, 0.3) is 0 Å². The fraction of sp³-hybridized carbons (Fsp3) is 0.150. The Morgan fingerprint density at radius 2 is 1.92 bits per heavy atom. The maximum Gasteiger partial charge on any atom is 0.319 e. The van der Waals surface area contributed by atoms with Gasteiger partial charge in [0.1, 0.15) is 11.6 Å². The summed E-state index contributed by atoms with van der Waals surface area (Å²) in [6, 6.07) is 17.1. The Balaban J connectivity index is 1.56. The summed E-state index contributed by atoms with van der Waals surface area (Å²) < 4.78 is 20.4. The van der Waals surface area contributed by atoms with Gasteiger partial charge in [-0.2, -0.15) is 0 Å². The normalized spacial score (nSPS) is 10.4. The van der Waals surface area contributed by atoms with Crippen LogP contribution in [0.2, 0.25) is 0 Å². The Labute approximate surface area is 151 Å². The molecule has 0 bridgehead atoms. The second kappa shape index (κ2) is 8.20. The number of halogens is 1. The molecule has 1 heterocycles. The number of hydrogen-bond acceptors (Lipinski definition) is 2. The van der Waals surface area contributed by atoms with Crippen LogP contribution in [0.25, 0.3) is 0 Å². The van der Waals surface area contributed by atoms with Gasteiger partial charge in [-0.15, -0.1) is 0 Å². The molecule has 2 N–H and O–H groups in total. The maximum atomic E-state index is 13.3. The van der Waals surface area contributed by atoms with Crippen LogP contribution in [-0.2, 0) is 13.1 Å². The van der Waals surface area contributed by atoms with Crippen LogP contribution in [0.15, 0.2) is 66.9 Å². The molecule has 0 saturated heterocycles. The molecule has 5 nitrogen and oxygen atoms in total. The minimum absolute atomic E-state index is 0.256. The summed E-state index contributed by atoms with van der Waals surface area (Å²) in [4.78, 5) is 12.1. The van der Waals surface area contributed by atoms with E-state index in [4.69, 9.17) is 4.74 Å². The quantitative estimate of drug-likeness (QED) is 0.704. The van der Waals surface area contributed by atoms with E-state index in [0.29, 0.717) is 18.8 Å². The topological polar surface area (TPSA) is 55.3 Å². The zero-order valence-electron chi connectivity index (χ0n) is 14.4. The molecule has 134 valence electrons. The zero-order chi connectivity index (χ0) is 18.4. The third kappa shape index (κ3) is 4.63. The summed E-state index contributed by atoms with van der Waals surface area (Å²) >= 11 is 0. The first kappa shape index (κ1) is 17.5. The number of urea groups is 1. The van der Waals surface area contributed by atoms with E-state index in [-0.39, 0.29) is 11.8 Å². The molecular formula is C20H20FN3O2. The lowest BCUT2D eigenvalue weighted by Crippen LogP contribution is -2.29. The van der Waals surface area contributed by atoms with Crippen molar-refractivity contribution < 1.29 is 13.9 Å². The predicted octanol–water partition coefficient (Wildman–Crippen LogP) is 4.01. The summed E-state index contributed by atoms with van der Waals surface area (Å²) in [5.41, 5.74) is 2.47. The first-order valence-corrected chi connectivity index (χ1v) is 8.21. The second-order valence-corrected chi connectivity index (χ2v) is 5.79. The van der Waals surface area contributed by atoms with Gasteiger partial charge in [-0.05, 0) is 54.1 Å². The summed E-state index contributed by atoms with van der Waals surface area (Å²) in [6.07, 6.45) is 1.91. The third-order valence-corrected chi connectivity index (χ3v) is 3.94. The van der Waals surface area contributed by atoms with Crippen LogP contribution < -0.4 is 15.4 Å². The van der Waals surface area contributed by atoms with Gasteiger partial charge < -0.3 is 19.9 Å². The van der Waals surface area contributed by atoms with Crippen LogP contribution in [0.3, 0.4) is 0 Å². The number of benzene rings is 2. The van der Waals surface area contributed by atoms with E-state index >= 15 is 0 Å². The van der Waals surface area contributed by atoms with Gasteiger partial charge in [0, 0.05) is 24.1 Å². The summed E-state index contributed by atoms with van der Waals surface area (Å²) in [5.74, 6) is 0.472. The molecule has 0 aliphatic rings. The molecule has 2 aromatic carbocycles. The number of carbonyl (C=O) groups is 1. The predicted molar refractivity (Wildman–Crippen MR) is 98.8 cm³/mol. The van der Waals surface area contributed by atoms with Crippen LogP contribution in [0.1, 0.15) is 11.3 Å². The molecule has 0 unspecified atom stereocenters. The zero-order valence-corrected chi connectivity index (χ0v) is 14.4. The van der Waals surface area contributed by atoms with Crippen molar-refractivity contribution in [1.82, 2.24) is 9.88 Å². The number of ether oxygens (including phenoxy) is 1. The van der Waals surface area contributed by atoms with Gasteiger partial charge in [0.15, 0.2) is 0 Å². The van der Waals surface area contributed by atoms with Crippen molar-refractivity contribution in [3.63, 3.8) is 0 Å². The van der Waals surface area contributed by atoms with Crippen LogP contribution >= 0.6 is 0 Å². The van der Waals surface area contributed by atoms with Crippen molar-refractivity contribution in [2.24, 2.45) is 0 Å². The molecule has 0 saturated carbocycles. The number of anilines is 1. The van der Waals surface area contributed by atoms with Gasteiger partial charge >= 0.3 is 6.03 Å². The van der Waals surface area contributed by atoms with E-state index in [1.165, 1.54) is 12.1 Å². The van der Waals surface area contributed by atoms with Crippen molar-refractivity contribution in [2.45, 2.75) is 13.1 Å². The average Bonchev–Trinajstić information content (AvgIpc) is 3.08. The summed E-state index contributed by atoms with van der Waals surface area (Å²) in [7, 11) is 1.59. The van der Waals surface area contributed by atoms with Gasteiger partial charge in [-0.3, -0.25) is 0 Å². The number of nitrogens with one attached hydrogen (secondary N) is 2. The van der Waals surface area contributed by atoms with E-state index in [1.54, 1.807) is 37.4 Å². The highest BCUT2D eigenvalue weighted by atomic mass is 19.1. The second-order valence-electron chi connectivity index (χ2n) is 5.79. The molecule has 0 radical (unpaired) electrons. The molecule has 6 heteroatoms. The number of methoxy groups -OCH3 is 1. The van der Waals surface area contributed by atoms with E-state index in [0.717, 1.165) is 17.0 Å². The van der Waals surface area contributed by atoms with Crippen LogP contribution in [0.5, 0.6) is 5.75 Å². The maximum absolute atomic E-state index is 13.3. The van der Waals surface area contributed by atoms with Crippen molar-refractivity contribution in [3.8, 4) is 5.75 Å². The van der Waals surface area contributed by atoms with E-state index in [1.807, 2.05) is 29.0 Å². The Hall–Kier alpha value is -3.28. The molecule has 1 aromatic heterocycles. The number of carbonyl (C=O) groups excluding carboxylic acids is 1. The Morgan fingerprint density at radius 3 is 2.65 bits per heavy atom. The number of nitrogens with zero attached hydrogens (tertiary/aromatic N) is 1. The van der Waals surface area contributed by atoms with Crippen LogP contribution in [0.4, 0.5) is 14.9 Å². The van der Waals surface area contributed by atoms with Crippen molar-refractivity contribution in [3.05, 3.63) is 83.9 Å². The SMILES string of the molecule is COc1ccc(NC(=O)NCc2cccn2Cc2cccc(F)c2)cc1. The van der Waals surface area contributed by atoms with Crippen molar-refractivity contribution in [2.75, 3.05) is 12.4 Å². The average molecular weight is 353 g/mol. The van der Waals surface area contributed by atoms with Crippen molar-refractivity contribution in [1.29, 1.82) is 0 Å². The van der Waals surface area contributed by atoms with E-state index in [9.17, 15) is 9.18 Å². The lowest BCUT2D eigenvalue weighted by atomic mass is 10.2. The molecule has 0 fully saturated rings. The third-order valence-electron chi connectivity index (χ3n) is 3.94. The number of rotatable bonds is 6. The first-order chi connectivity index (χ1) is 12.6. The fourth-order valence-electron chi connectivity index (χ4n) is 2.62.